The molecular weight excluding hydrogens is 728 g/mol. The maximum atomic E-state index is 12.4. The lowest BCUT2D eigenvalue weighted by molar-refractivity contribution is 0.399. The van der Waals surface area contributed by atoms with Crippen molar-refractivity contribution in [1.82, 2.24) is 14.7 Å². The Morgan fingerprint density at radius 1 is 0.769 bits per heavy atom. The van der Waals surface area contributed by atoms with Crippen LogP contribution < -0.4 is 4.72 Å². The van der Waals surface area contributed by atoms with Crippen molar-refractivity contribution in [3.05, 3.63) is 55.9 Å². The molecule has 0 bridgehead atoms. The first-order valence-electron chi connectivity index (χ1n) is 13.2. The summed E-state index contributed by atoms with van der Waals surface area (Å²) in [6.07, 6.45) is 8.87. The van der Waals surface area contributed by atoms with Gasteiger partial charge >= 0.3 is 0 Å². The van der Waals surface area contributed by atoms with E-state index in [1.807, 2.05) is 77.9 Å². The molecule has 6 nitrogen and oxygen atoms in total. The molecule has 0 aliphatic heterocycles. The third-order valence-electron chi connectivity index (χ3n) is 6.10. The summed E-state index contributed by atoms with van der Waals surface area (Å²) in [6.45, 7) is 11.9. The predicted octanol–water partition coefficient (Wildman–Crippen LogP) is 8.74. The van der Waals surface area contributed by atoms with Crippen LogP contribution in [0.4, 0.5) is 0 Å². The normalized spacial score (nSPS) is 18.3. The quantitative estimate of drug-likeness (QED) is 0.316. The van der Waals surface area contributed by atoms with Crippen LogP contribution in [0.2, 0.25) is 0 Å². The van der Waals surface area contributed by atoms with Gasteiger partial charge in [0.25, 0.3) is 0 Å². The van der Waals surface area contributed by atoms with Crippen LogP contribution in [0.3, 0.4) is 0 Å². The van der Waals surface area contributed by atoms with E-state index in [2.05, 4.69) is 66.9 Å². The van der Waals surface area contributed by atoms with Crippen LogP contribution in [0.25, 0.3) is 0 Å². The van der Waals surface area contributed by atoms with E-state index >= 15 is 0 Å². The number of hydrogen-bond acceptors (Lipinski definition) is 4. The van der Waals surface area contributed by atoms with Gasteiger partial charge in [0.2, 0.25) is 0 Å². The number of aromatic nitrogens is 2. The molecule has 4 rings (SSSR count). The summed E-state index contributed by atoms with van der Waals surface area (Å²) in [5.74, 6) is 0. The third kappa shape index (κ3) is 12.2. The van der Waals surface area contributed by atoms with E-state index in [-0.39, 0.29) is 15.0 Å². The molecule has 1 N–H and O–H groups in total. The summed E-state index contributed by atoms with van der Waals surface area (Å²) >= 11 is 9.87. The molecule has 0 saturated heterocycles. The van der Waals surface area contributed by atoms with Crippen LogP contribution in [0.15, 0.2) is 54.6 Å². The lowest BCUT2D eigenvalue weighted by atomic mass is 9.94. The third-order valence-corrected chi connectivity index (χ3v) is 10.6. The van der Waals surface area contributed by atoms with Gasteiger partial charge in [-0.1, -0.05) is 25.0 Å². The van der Waals surface area contributed by atoms with Crippen molar-refractivity contribution >= 4 is 75.5 Å². The van der Waals surface area contributed by atoms with Crippen molar-refractivity contribution in [3.63, 3.8) is 0 Å². The van der Waals surface area contributed by atoms with E-state index in [1.54, 1.807) is 0 Å². The first-order valence-corrected chi connectivity index (χ1v) is 17.9. The topological polar surface area (TPSA) is 84.3 Å². The summed E-state index contributed by atoms with van der Waals surface area (Å²) in [5, 5.41) is 0. The highest BCUT2D eigenvalue weighted by atomic mass is 79.9. The Kier molecular flexibility index (Phi) is 14.1. The first kappa shape index (κ1) is 34.9. The number of pyridine rings is 2. The Morgan fingerprint density at radius 2 is 1.26 bits per heavy atom. The zero-order valence-electron chi connectivity index (χ0n) is 23.7. The van der Waals surface area contributed by atoms with Crippen LogP contribution in [-0.2, 0) is 27.5 Å². The monoisotopic (exact) mass is 766 g/mol. The fourth-order valence-electron chi connectivity index (χ4n) is 3.91. The van der Waals surface area contributed by atoms with E-state index in [0.29, 0.717) is 0 Å². The van der Waals surface area contributed by atoms with E-state index in [4.69, 9.17) is 0 Å². The first-order chi connectivity index (χ1) is 18.1. The predicted molar refractivity (Wildman–Crippen MR) is 177 cm³/mol. The highest BCUT2D eigenvalue weighted by Crippen LogP contribution is 2.39. The summed E-state index contributed by atoms with van der Waals surface area (Å²) < 4.78 is 33.7. The molecule has 2 aromatic rings. The van der Waals surface area contributed by atoms with E-state index in [1.165, 1.54) is 12.8 Å². The van der Waals surface area contributed by atoms with Gasteiger partial charge in [-0.15, -0.1) is 0 Å². The second kappa shape index (κ2) is 15.8. The van der Waals surface area contributed by atoms with Crippen molar-refractivity contribution in [3.8, 4) is 0 Å². The molecular formula is C28H41Br3N4O2S2. The van der Waals surface area contributed by atoms with Gasteiger partial charge in [0.05, 0.1) is 31.7 Å². The standard InChI is InChI=1S/C14H21BrN2OS.C9H17NOS.C5H3Br2N/c1-13(2,3)19(18)17-14(9-4-5-10-14)11-7-6-8-12(15)16-11;1-9(2,3)12(11)10-8-6-4-5-7-8;6-4-2-1-3-5(7)8-4/h6-8,17H,4-5,9-10H2,1-3H3;4-7H2,1-3H3;1-3H/t19-;12-;/m11./s1. The zero-order chi connectivity index (χ0) is 29.3. The Morgan fingerprint density at radius 3 is 1.67 bits per heavy atom. The van der Waals surface area contributed by atoms with Gasteiger partial charge in [-0.2, -0.15) is 4.40 Å². The molecule has 2 aliphatic carbocycles. The van der Waals surface area contributed by atoms with Gasteiger partial charge in [0.15, 0.2) is 0 Å². The van der Waals surface area contributed by atoms with Crippen LogP contribution in [0.5, 0.6) is 0 Å². The molecule has 0 radical (unpaired) electrons. The van der Waals surface area contributed by atoms with Crippen molar-refractivity contribution in [1.29, 1.82) is 0 Å². The Labute approximate surface area is 265 Å². The maximum absolute atomic E-state index is 12.4. The van der Waals surface area contributed by atoms with Crippen molar-refractivity contribution < 1.29 is 8.42 Å². The number of halogens is 3. The van der Waals surface area contributed by atoms with Gasteiger partial charge < -0.3 is 0 Å². The molecule has 2 aromatic heterocycles. The average molecular weight is 770 g/mol. The Hall–Kier alpha value is -0.330. The number of nitrogens with zero attached hydrogens (tertiary/aromatic N) is 3. The van der Waals surface area contributed by atoms with E-state index < -0.39 is 22.0 Å². The second-order valence-corrected chi connectivity index (χ2v) is 17.9. The number of rotatable bonds is 4. The van der Waals surface area contributed by atoms with Gasteiger partial charge in [-0.05, 0) is 152 Å². The minimum atomic E-state index is -1.08. The molecule has 2 saturated carbocycles. The Bertz CT molecular complexity index is 1130. The van der Waals surface area contributed by atoms with Crippen LogP contribution in [-0.4, -0.2) is 33.6 Å². The minimum Gasteiger partial charge on any atom is -0.244 e. The smallest absolute Gasteiger partial charge is 0.144 e. The van der Waals surface area contributed by atoms with Gasteiger partial charge in [0, 0.05) is 5.71 Å². The summed E-state index contributed by atoms with van der Waals surface area (Å²) in [4.78, 5) is 8.59. The van der Waals surface area contributed by atoms with Gasteiger partial charge in [0.1, 0.15) is 24.8 Å². The molecule has 0 aromatic carbocycles. The molecule has 2 fully saturated rings. The molecule has 0 unspecified atom stereocenters. The molecule has 0 amide bonds. The fourth-order valence-corrected chi connectivity index (χ4v) is 6.84. The summed E-state index contributed by atoms with van der Waals surface area (Å²) in [5.41, 5.74) is 1.92. The molecule has 2 aliphatic rings. The molecule has 0 spiro atoms. The molecule has 11 heteroatoms. The maximum Gasteiger partial charge on any atom is 0.144 e. The number of hydrogen-bond donors (Lipinski definition) is 1. The highest BCUT2D eigenvalue weighted by molar-refractivity contribution is 9.11. The highest BCUT2D eigenvalue weighted by Gasteiger charge is 2.40. The summed E-state index contributed by atoms with van der Waals surface area (Å²) in [6, 6.07) is 11.6. The van der Waals surface area contributed by atoms with Crippen LogP contribution in [0.1, 0.15) is 98.6 Å². The SMILES string of the molecule is Brc1cccc(Br)n1.CC(C)(C)[S@@](=O)N=C1CCCC1.CC(C)(C)[S@@](=O)NC1(c2cccc(Br)n2)CCCC1. The van der Waals surface area contributed by atoms with Crippen LogP contribution in [0, 0.1) is 0 Å². The molecule has 2 heterocycles. The fraction of sp³-hybridized carbons (Fsp3) is 0.607. The lowest BCUT2D eigenvalue weighted by Crippen LogP contribution is -2.46. The van der Waals surface area contributed by atoms with Crippen LogP contribution >= 0.6 is 47.8 Å². The molecule has 2 atom stereocenters. The largest absolute Gasteiger partial charge is 0.244 e. The second-order valence-electron chi connectivity index (χ2n) is 11.6. The summed E-state index contributed by atoms with van der Waals surface area (Å²) in [7, 11) is -2.12. The molecule has 39 heavy (non-hydrogen) atoms. The lowest BCUT2D eigenvalue weighted by Gasteiger charge is -2.32. The minimum absolute atomic E-state index is 0.199. The van der Waals surface area contributed by atoms with Gasteiger partial charge in [-0.3, -0.25) is 0 Å². The average Bonchev–Trinajstić information content (AvgIpc) is 3.52. The van der Waals surface area contributed by atoms with Crippen molar-refractivity contribution in [2.75, 3.05) is 0 Å². The Balaban J connectivity index is 0.000000227. The van der Waals surface area contributed by atoms with Gasteiger partial charge in [-0.25, -0.2) is 23.1 Å². The molecule has 218 valence electrons. The zero-order valence-corrected chi connectivity index (χ0v) is 30.1. The van der Waals surface area contributed by atoms with Crippen molar-refractivity contribution in [2.45, 2.75) is 108 Å². The number of nitrogens with one attached hydrogen (secondary N) is 1. The van der Waals surface area contributed by atoms with E-state index in [9.17, 15) is 8.42 Å². The van der Waals surface area contributed by atoms with E-state index in [0.717, 1.165) is 63.7 Å². The van der Waals surface area contributed by atoms with Crippen molar-refractivity contribution in [2.24, 2.45) is 4.40 Å².